The molecule has 1 saturated heterocycles. The third-order valence-electron chi connectivity index (χ3n) is 2.68. The quantitative estimate of drug-likeness (QED) is 0.624. The smallest absolute Gasteiger partial charge is 0.272 e. The predicted molar refractivity (Wildman–Crippen MR) is 65.3 cm³/mol. The zero-order valence-electron chi connectivity index (χ0n) is 9.99. The Kier molecular flexibility index (Phi) is 3.25. The molecule has 1 aromatic carbocycles. The molecule has 2 rings (SSSR count). The van der Waals surface area contributed by atoms with Gasteiger partial charge in [0.25, 0.3) is 5.69 Å². The van der Waals surface area contributed by atoms with Gasteiger partial charge >= 0.3 is 10.2 Å². The van der Waals surface area contributed by atoms with Crippen LogP contribution in [0, 0.1) is 17.0 Å². The molecule has 9 heteroatoms. The van der Waals surface area contributed by atoms with Crippen LogP contribution in [0.3, 0.4) is 0 Å². The Hall–Kier alpha value is -2.00. The van der Waals surface area contributed by atoms with E-state index in [0.717, 1.165) is 9.87 Å². The lowest BCUT2D eigenvalue weighted by molar-refractivity contribution is -0.385. The van der Waals surface area contributed by atoms with Crippen LogP contribution >= 0.6 is 0 Å². The van der Waals surface area contributed by atoms with Gasteiger partial charge in [-0.05, 0) is 13.0 Å². The number of nitro groups is 1. The fraction of sp³-hybridized carbons (Fsp3) is 0.300. The molecule has 102 valence electrons. The molecule has 1 amide bonds. The normalized spacial score (nSPS) is 18.3. The number of benzene rings is 1. The second-order valence-corrected chi connectivity index (χ2v) is 5.86. The monoisotopic (exact) mass is 285 g/mol. The number of carbonyl (C=O) groups is 1. The summed E-state index contributed by atoms with van der Waals surface area (Å²) in [6.45, 7) is 1.21. The Balaban J connectivity index is 2.36. The minimum absolute atomic E-state index is 0.167. The highest BCUT2D eigenvalue weighted by atomic mass is 32.2. The highest BCUT2D eigenvalue weighted by Crippen LogP contribution is 2.23. The van der Waals surface area contributed by atoms with E-state index < -0.39 is 21.0 Å². The molecular weight excluding hydrogens is 274 g/mol. The zero-order valence-corrected chi connectivity index (χ0v) is 10.8. The van der Waals surface area contributed by atoms with Gasteiger partial charge in [-0.15, -0.1) is 0 Å². The fourth-order valence-corrected chi connectivity index (χ4v) is 2.91. The maximum absolute atomic E-state index is 11.6. The van der Waals surface area contributed by atoms with Crippen LogP contribution < -0.4 is 4.72 Å². The summed E-state index contributed by atoms with van der Waals surface area (Å²) >= 11 is 0. The van der Waals surface area contributed by atoms with Crippen LogP contribution in [0.4, 0.5) is 5.69 Å². The van der Waals surface area contributed by atoms with Crippen molar-refractivity contribution in [2.75, 3.05) is 6.54 Å². The molecule has 0 bridgehead atoms. The summed E-state index contributed by atoms with van der Waals surface area (Å²) in [6, 6.07) is 4.43. The highest BCUT2D eigenvalue weighted by molar-refractivity contribution is 7.88. The maximum Gasteiger partial charge on any atom is 0.304 e. The van der Waals surface area contributed by atoms with E-state index >= 15 is 0 Å². The van der Waals surface area contributed by atoms with Crippen LogP contribution in [0.25, 0.3) is 0 Å². The Bertz CT molecular complexity index is 655. The number of rotatable bonds is 3. The van der Waals surface area contributed by atoms with Gasteiger partial charge in [-0.3, -0.25) is 14.9 Å². The standard InChI is InChI=1S/C10H11N3O5S/c1-7-2-3-9(13(15)16)8(4-7)5-12-6-10(14)11-19(12,17)18/h2-4H,5-6H2,1H3,(H,11,14). The summed E-state index contributed by atoms with van der Waals surface area (Å²) in [4.78, 5) is 21.4. The highest BCUT2D eigenvalue weighted by Gasteiger charge is 2.34. The van der Waals surface area contributed by atoms with Crippen LogP contribution in [0.5, 0.6) is 0 Å². The molecule has 0 spiro atoms. The maximum atomic E-state index is 11.6. The summed E-state index contributed by atoms with van der Waals surface area (Å²) in [6.07, 6.45) is 0. The Labute approximate surface area is 109 Å². The average Bonchev–Trinajstić information content (AvgIpc) is 2.51. The topological polar surface area (TPSA) is 110 Å². The molecular formula is C10H11N3O5S. The van der Waals surface area contributed by atoms with E-state index in [0.29, 0.717) is 0 Å². The number of aryl methyl sites for hydroxylation is 1. The van der Waals surface area contributed by atoms with E-state index in [1.54, 1.807) is 13.0 Å². The van der Waals surface area contributed by atoms with Crippen LogP contribution in [-0.2, 0) is 21.5 Å². The van der Waals surface area contributed by atoms with Gasteiger partial charge in [0.05, 0.1) is 11.5 Å². The lowest BCUT2D eigenvalue weighted by Gasteiger charge is -2.12. The molecule has 1 aliphatic rings. The van der Waals surface area contributed by atoms with Gasteiger partial charge in [-0.1, -0.05) is 11.6 Å². The molecule has 1 aliphatic heterocycles. The molecule has 1 N–H and O–H groups in total. The van der Waals surface area contributed by atoms with Crippen molar-refractivity contribution in [2.45, 2.75) is 13.5 Å². The van der Waals surface area contributed by atoms with Crippen molar-refractivity contribution in [3.05, 3.63) is 39.4 Å². The lowest BCUT2D eigenvalue weighted by Crippen LogP contribution is -2.29. The third kappa shape index (κ3) is 2.71. The zero-order chi connectivity index (χ0) is 14.2. The van der Waals surface area contributed by atoms with E-state index in [1.807, 2.05) is 4.72 Å². The number of hydrogen-bond acceptors (Lipinski definition) is 5. The van der Waals surface area contributed by atoms with Crippen molar-refractivity contribution in [1.29, 1.82) is 0 Å². The Morgan fingerprint density at radius 1 is 1.47 bits per heavy atom. The molecule has 0 atom stereocenters. The molecule has 0 aliphatic carbocycles. The first-order valence-electron chi connectivity index (χ1n) is 5.34. The van der Waals surface area contributed by atoms with Crippen LogP contribution in [0.2, 0.25) is 0 Å². The summed E-state index contributed by atoms with van der Waals surface area (Å²) in [7, 11) is -3.88. The first-order chi connectivity index (χ1) is 8.79. The molecule has 0 radical (unpaired) electrons. The third-order valence-corrected chi connectivity index (χ3v) is 4.10. The van der Waals surface area contributed by atoms with Crippen LogP contribution in [0.1, 0.15) is 11.1 Å². The average molecular weight is 285 g/mol. The van der Waals surface area contributed by atoms with Crippen LogP contribution in [-0.4, -0.2) is 30.1 Å². The lowest BCUT2D eigenvalue weighted by atomic mass is 10.1. The molecule has 0 unspecified atom stereocenters. The van der Waals surface area contributed by atoms with E-state index in [9.17, 15) is 23.3 Å². The van der Waals surface area contributed by atoms with Crippen molar-refractivity contribution in [3.63, 3.8) is 0 Å². The van der Waals surface area contributed by atoms with Gasteiger partial charge in [0.2, 0.25) is 5.91 Å². The summed E-state index contributed by atoms with van der Waals surface area (Å²) in [5, 5.41) is 10.9. The number of amides is 1. The number of nitrogens with zero attached hydrogens (tertiary/aromatic N) is 2. The Morgan fingerprint density at radius 2 is 2.16 bits per heavy atom. The van der Waals surface area contributed by atoms with Gasteiger partial charge in [0.1, 0.15) is 0 Å². The van der Waals surface area contributed by atoms with E-state index in [1.165, 1.54) is 12.1 Å². The van der Waals surface area contributed by atoms with E-state index in [-0.39, 0.29) is 24.3 Å². The molecule has 19 heavy (non-hydrogen) atoms. The minimum Gasteiger partial charge on any atom is -0.272 e. The number of carbonyl (C=O) groups excluding carboxylic acids is 1. The van der Waals surface area contributed by atoms with Crippen LogP contribution in [0.15, 0.2) is 18.2 Å². The summed E-state index contributed by atoms with van der Waals surface area (Å²) in [5.41, 5.74) is 0.863. The molecule has 8 nitrogen and oxygen atoms in total. The molecule has 0 aromatic heterocycles. The SMILES string of the molecule is Cc1ccc([N+](=O)[O-])c(CN2CC(=O)NS2(=O)=O)c1. The predicted octanol–water partition coefficient (Wildman–Crippen LogP) is 0.0798. The molecule has 1 aromatic rings. The van der Waals surface area contributed by atoms with Crippen molar-refractivity contribution in [3.8, 4) is 0 Å². The second kappa shape index (κ2) is 4.59. The number of nitro benzene ring substituents is 1. The van der Waals surface area contributed by atoms with Gasteiger partial charge in [-0.25, -0.2) is 4.72 Å². The number of nitrogens with one attached hydrogen (secondary N) is 1. The van der Waals surface area contributed by atoms with Crippen molar-refractivity contribution in [1.82, 2.24) is 9.03 Å². The summed E-state index contributed by atoms with van der Waals surface area (Å²) < 4.78 is 25.8. The minimum atomic E-state index is -3.88. The van der Waals surface area contributed by atoms with Crippen molar-refractivity contribution >= 4 is 21.8 Å². The summed E-state index contributed by atoms with van der Waals surface area (Å²) in [5.74, 6) is -0.643. The molecule has 1 heterocycles. The van der Waals surface area contributed by atoms with Gasteiger partial charge in [0, 0.05) is 18.2 Å². The fourth-order valence-electron chi connectivity index (χ4n) is 1.84. The Morgan fingerprint density at radius 3 is 2.68 bits per heavy atom. The molecule has 1 fully saturated rings. The largest absolute Gasteiger partial charge is 0.304 e. The van der Waals surface area contributed by atoms with Gasteiger partial charge < -0.3 is 0 Å². The first-order valence-corrected chi connectivity index (χ1v) is 6.78. The van der Waals surface area contributed by atoms with Crippen molar-refractivity contribution < 1.29 is 18.1 Å². The first kappa shape index (κ1) is 13.4. The van der Waals surface area contributed by atoms with Crippen molar-refractivity contribution in [2.24, 2.45) is 0 Å². The second-order valence-electron chi connectivity index (χ2n) is 4.19. The molecule has 0 saturated carbocycles. The van der Waals surface area contributed by atoms with E-state index in [2.05, 4.69) is 0 Å². The number of hydrogen-bond donors (Lipinski definition) is 1. The van der Waals surface area contributed by atoms with Gasteiger partial charge in [-0.2, -0.15) is 12.7 Å². The van der Waals surface area contributed by atoms with Gasteiger partial charge in [0.15, 0.2) is 0 Å². The van der Waals surface area contributed by atoms with E-state index in [4.69, 9.17) is 0 Å².